The Morgan fingerprint density at radius 1 is 1.50 bits per heavy atom. The fraction of sp³-hybridized carbons (Fsp3) is 0.400. The number of hydrogen-bond acceptors (Lipinski definition) is 6. The monoisotopic (exact) mass is 339 g/mol. The van der Waals surface area contributed by atoms with Gasteiger partial charge in [0.15, 0.2) is 5.57 Å². The molecule has 0 radical (unpaired) electrons. The summed E-state index contributed by atoms with van der Waals surface area (Å²) in [5, 5.41) is 13.3. The molecule has 7 heteroatoms. The van der Waals surface area contributed by atoms with Gasteiger partial charge in [0.1, 0.15) is 11.2 Å². The van der Waals surface area contributed by atoms with Crippen molar-refractivity contribution in [1.82, 2.24) is 10.3 Å². The number of nitriles is 1. The van der Waals surface area contributed by atoms with Gasteiger partial charge in [-0.05, 0) is 23.8 Å². The Labute approximate surface area is 139 Å². The van der Waals surface area contributed by atoms with Crippen molar-refractivity contribution in [3.05, 3.63) is 39.6 Å². The number of hydrogen-bond donors (Lipinski definition) is 1. The van der Waals surface area contributed by atoms with Crippen LogP contribution < -0.4 is 5.32 Å². The van der Waals surface area contributed by atoms with E-state index in [0.29, 0.717) is 29.8 Å². The van der Waals surface area contributed by atoms with E-state index in [4.69, 9.17) is 16.3 Å². The molecule has 1 aromatic rings. The minimum atomic E-state index is -0.595. The molecule has 0 saturated carbocycles. The molecular weight excluding hydrogens is 322 g/mol. The lowest BCUT2D eigenvalue weighted by molar-refractivity contribution is -0.138. The fourth-order valence-electron chi connectivity index (χ4n) is 1.51. The number of nitrogens with one attached hydrogen (secondary N) is 1. The van der Waals surface area contributed by atoms with E-state index in [2.05, 4.69) is 10.3 Å². The average molecular weight is 340 g/mol. The van der Waals surface area contributed by atoms with Crippen LogP contribution in [0.3, 0.4) is 0 Å². The Morgan fingerprint density at radius 3 is 2.82 bits per heavy atom. The molecule has 0 amide bonds. The zero-order valence-electron chi connectivity index (χ0n) is 12.6. The Morgan fingerprint density at radius 2 is 2.27 bits per heavy atom. The molecule has 0 aliphatic heterocycles. The van der Waals surface area contributed by atoms with Crippen molar-refractivity contribution in [2.75, 3.05) is 12.4 Å². The quantitative estimate of drug-likeness (QED) is 0.339. The summed E-state index contributed by atoms with van der Waals surface area (Å²) in [6.45, 7) is 4.59. The number of nitrogens with zero attached hydrogens (tertiary/aromatic N) is 2. The van der Waals surface area contributed by atoms with E-state index in [-0.39, 0.29) is 5.57 Å². The lowest BCUT2D eigenvalue weighted by Gasteiger charge is -2.12. The maximum atomic E-state index is 11.9. The molecule has 0 unspecified atom stereocenters. The largest absolute Gasteiger partial charge is 0.462 e. The van der Waals surface area contributed by atoms with Gasteiger partial charge in [-0.2, -0.15) is 5.26 Å². The van der Waals surface area contributed by atoms with E-state index in [1.807, 2.05) is 26.0 Å². The Hall–Kier alpha value is -1.71. The number of pyridine rings is 1. The van der Waals surface area contributed by atoms with Crippen LogP contribution in [0.2, 0.25) is 5.15 Å². The van der Waals surface area contributed by atoms with E-state index in [0.717, 1.165) is 11.3 Å². The van der Waals surface area contributed by atoms with Crippen LogP contribution in [0.15, 0.2) is 28.9 Å². The van der Waals surface area contributed by atoms with Crippen LogP contribution in [0.1, 0.15) is 25.8 Å². The van der Waals surface area contributed by atoms with Gasteiger partial charge in [-0.3, -0.25) is 0 Å². The predicted octanol–water partition coefficient (Wildman–Crippen LogP) is 3.27. The molecule has 0 aromatic carbocycles. The van der Waals surface area contributed by atoms with Crippen molar-refractivity contribution in [2.24, 2.45) is 0 Å². The van der Waals surface area contributed by atoms with Gasteiger partial charge in [-0.25, -0.2) is 9.78 Å². The van der Waals surface area contributed by atoms with Crippen molar-refractivity contribution >= 4 is 29.3 Å². The van der Waals surface area contributed by atoms with Crippen LogP contribution in [-0.4, -0.2) is 23.3 Å². The fourth-order valence-corrected chi connectivity index (χ4v) is 2.35. The van der Waals surface area contributed by atoms with Crippen LogP contribution in [0.25, 0.3) is 0 Å². The average Bonchev–Trinajstić information content (AvgIpc) is 2.52. The first kappa shape index (κ1) is 18.3. The van der Waals surface area contributed by atoms with E-state index in [9.17, 15) is 10.1 Å². The third-order valence-corrected chi connectivity index (χ3v) is 3.66. The zero-order chi connectivity index (χ0) is 16.4. The lowest BCUT2D eigenvalue weighted by Crippen LogP contribution is -2.18. The number of esters is 1. The van der Waals surface area contributed by atoms with Crippen LogP contribution in [0.5, 0.6) is 0 Å². The molecule has 1 rings (SSSR count). The molecule has 0 aliphatic rings. The van der Waals surface area contributed by atoms with Crippen molar-refractivity contribution in [2.45, 2.75) is 26.8 Å². The minimum Gasteiger partial charge on any atom is -0.462 e. The van der Waals surface area contributed by atoms with Gasteiger partial charge in [0.05, 0.1) is 11.6 Å². The topological polar surface area (TPSA) is 75.0 Å². The summed E-state index contributed by atoms with van der Waals surface area (Å²) in [5.74, 6) is 0.134. The summed E-state index contributed by atoms with van der Waals surface area (Å²) in [6, 6.07) is 5.45. The van der Waals surface area contributed by atoms with E-state index in [1.165, 1.54) is 11.8 Å². The number of rotatable bonds is 8. The molecular formula is C15H18ClN3O2S. The van der Waals surface area contributed by atoms with Gasteiger partial charge in [-0.15, -0.1) is 11.8 Å². The molecule has 0 fully saturated rings. The lowest BCUT2D eigenvalue weighted by atomic mass is 10.3. The van der Waals surface area contributed by atoms with Crippen molar-refractivity contribution in [3.63, 3.8) is 0 Å². The Kier molecular flexibility index (Phi) is 8.41. The van der Waals surface area contributed by atoms with Gasteiger partial charge < -0.3 is 10.1 Å². The van der Waals surface area contributed by atoms with Gasteiger partial charge in [0.2, 0.25) is 0 Å². The van der Waals surface area contributed by atoms with Crippen LogP contribution in [-0.2, 0) is 16.1 Å². The minimum absolute atomic E-state index is 0.00206. The van der Waals surface area contributed by atoms with Crippen LogP contribution in [0.4, 0.5) is 0 Å². The normalized spacial score (nSPS) is 11.4. The third kappa shape index (κ3) is 5.96. The highest BCUT2D eigenvalue weighted by molar-refractivity contribution is 8.03. The van der Waals surface area contributed by atoms with Crippen LogP contribution in [0, 0.1) is 11.3 Å². The molecule has 118 valence electrons. The SMILES string of the molecule is CCCOC(=O)C(C#N)=C(NCc1ccc(Cl)nc1)SCC. The molecule has 0 aliphatic carbocycles. The smallest absolute Gasteiger partial charge is 0.351 e. The summed E-state index contributed by atoms with van der Waals surface area (Å²) in [4.78, 5) is 15.9. The second kappa shape index (κ2) is 10.1. The van der Waals surface area contributed by atoms with E-state index < -0.39 is 5.97 Å². The number of carbonyl (C=O) groups excluding carboxylic acids is 1. The number of carbonyl (C=O) groups is 1. The molecule has 1 aromatic heterocycles. The van der Waals surface area contributed by atoms with Crippen molar-refractivity contribution in [3.8, 4) is 6.07 Å². The first-order chi connectivity index (χ1) is 10.6. The summed E-state index contributed by atoms with van der Waals surface area (Å²) in [5.41, 5.74) is 0.903. The third-order valence-electron chi connectivity index (χ3n) is 2.51. The highest BCUT2D eigenvalue weighted by atomic mass is 35.5. The first-order valence-electron chi connectivity index (χ1n) is 6.90. The molecule has 1 heterocycles. The van der Waals surface area contributed by atoms with Gasteiger partial charge >= 0.3 is 5.97 Å². The number of ether oxygens (including phenoxy) is 1. The van der Waals surface area contributed by atoms with Crippen molar-refractivity contribution in [1.29, 1.82) is 5.26 Å². The second-order valence-corrected chi connectivity index (χ2v) is 5.89. The van der Waals surface area contributed by atoms with Gasteiger partial charge in [-0.1, -0.05) is 31.5 Å². The summed E-state index contributed by atoms with van der Waals surface area (Å²) < 4.78 is 5.04. The van der Waals surface area contributed by atoms with Gasteiger partial charge in [0.25, 0.3) is 0 Å². The standard InChI is InChI=1S/C15H18ClN3O2S/c1-3-7-21-15(20)12(8-17)14(22-4-2)19-10-11-5-6-13(16)18-9-11/h5-6,9,19H,3-4,7,10H2,1-2H3. The molecule has 0 saturated heterocycles. The maximum absolute atomic E-state index is 11.9. The molecule has 0 spiro atoms. The maximum Gasteiger partial charge on any atom is 0.351 e. The van der Waals surface area contributed by atoms with Crippen molar-refractivity contribution < 1.29 is 9.53 Å². The summed E-state index contributed by atoms with van der Waals surface area (Å²) in [6.07, 6.45) is 2.36. The Bertz CT molecular complexity index is 567. The molecule has 1 N–H and O–H groups in total. The second-order valence-electron chi connectivity index (χ2n) is 4.23. The Balaban J connectivity index is 2.84. The zero-order valence-corrected chi connectivity index (χ0v) is 14.1. The predicted molar refractivity (Wildman–Crippen MR) is 88.1 cm³/mol. The van der Waals surface area contributed by atoms with E-state index >= 15 is 0 Å². The molecule has 5 nitrogen and oxygen atoms in total. The molecule has 0 atom stereocenters. The highest BCUT2D eigenvalue weighted by Crippen LogP contribution is 2.19. The van der Waals surface area contributed by atoms with E-state index in [1.54, 1.807) is 12.3 Å². The molecule has 0 bridgehead atoms. The summed E-state index contributed by atoms with van der Waals surface area (Å²) in [7, 11) is 0. The number of halogens is 1. The van der Waals surface area contributed by atoms with Gasteiger partial charge in [0, 0.05) is 12.7 Å². The molecule has 22 heavy (non-hydrogen) atoms. The first-order valence-corrected chi connectivity index (χ1v) is 8.27. The van der Waals surface area contributed by atoms with Crippen LogP contribution >= 0.6 is 23.4 Å². The number of thioether (sulfide) groups is 1. The summed E-state index contributed by atoms with van der Waals surface area (Å²) >= 11 is 7.13. The highest BCUT2D eigenvalue weighted by Gasteiger charge is 2.17. The number of aromatic nitrogens is 1.